The normalized spacial score (nSPS) is 16.6. The van der Waals surface area contributed by atoms with E-state index in [0.717, 1.165) is 22.6 Å². The van der Waals surface area contributed by atoms with Crippen LogP contribution in [0.2, 0.25) is 0 Å². The number of hydrogen-bond donors (Lipinski definition) is 2. The molecule has 1 fully saturated rings. The Bertz CT molecular complexity index is 683. The lowest BCUT2D eigenvalue weighted by atomic mass is 10.0. The van der Waals surface area contributed by atoms with Gasteiger partial charge in [-0.2, -0.15) is 0 Å². The van der Waals surface area contributed by atoms with E-state index in [1.54, 1.807) is 0 Å². The van der Waals surface area contributed by atoms with Crippen molar-refractivity contribution < 1.29 is 9.90 Å². The summed E-state index contributed by atoms with van der Waals surface area (Å²) < 4.78 is 2.14. The average molecular weight is 272 g/mol. The van der Waals surface area contributed by atoms with Crippen LogP contribution in [0.3, 0.4) is 0 Å². The smallest absolute Gasteiger partial charge is 0.320 e. The maximum Gasteiger partial charge on any atom is 0.320 e. The van der Waals surface area contributed by atoms with E-state index in [-0.39, 0.29) is 0 Å². The molecule has 106 valence electrons. The van der Waals surface area contributed by atoms with Crippen molar-refractivity contribution in [3.8, 4) is 0 Å². The summed E-state index contributed by atoms with van der Waals surface area (Å²) in [6, 6.07) is 5.70. The molecule has 1 atom stereocenters. The van der Waals surface area contributed by atoms with E-state index >= 15 is 0 Å². The van der Waals surface area contributed by atoms with Crippen molar-refractivity contribution in [1.82, 2.24) is 4.57 Å². The van der Waals surface area contributed by atoms with Crippen LogP contribution in [0, 0.1) is 6.92 Å². The molecule has 1 aliphatic rings. The molecule has 3 rings (SSSR count). The second-order valence-corrected chi connectivity index (χ2v) is 5.82. The van der Waals surface area contributed by atoms with E-state index in [2.05, 4.69) is 22.8 Å². The van der Waals surface area contributed by atoms with Gasteiger partial charge in [0.25, 0.3) is 0 Å². The largest absolute Gasteiger partial charge is 0.480 e. The number of nitrogens with zero attached hydrogens (tertiary/aromatic N) is 1. The Morgan fingerprint density at radius 1 is 1.50 bits per heavy atom. The van der Waals surface area contributed by atoms with Gasteiger partial charge in [0, 0.05) is 30.1 Å². The minimum absolute atomic E-state index is 0.376. The van der Waals surface area contributed by atoms with Gasteiger partial charge in [-0.15, -0.1) is 0 Å². The lowest BCUT2D eigenvalue weighted by molar-refractivity contribution is -0.138. The van der Waals surface area contributed by atoms with Crippen molar-refractivity contribution >= 4 is 16.9 Å². The first-order valence-corrected chi connectivity index (χ1v) is 7.05. The minimum atomic E-state index is -0.948. The van der Waals surface area contributed by atoms with Gasteiger partial charge < -0.3 is 15.4 Å². The predicted molar refractivity (Wildman–Crippen MR) is 78.9 cm³/mol. The van der Waals surface area contributed by atoms with Crippen molar-refractivity contribution in [1.29, 1.82) is 0 Å². The van der Waals surface area contributed by atoms with Crippen LogP contribution in [0.25, 0.3) is 10.9 Å². The van der Waals surface area contributed by atoms with Crippen LogP contribution in [0.4, 0.5) is 0 Å². The van der Waals surface area contributed by atoms with Gasteiger partial charge in [-0.3, -0.25) is 4.79 Å². The highest BCUT2D eigenvalue weighted by Gasteiger charge is 2.25. The van der Waals surface area contributed by atoms with Gasteiger partial charge in [0.05, 0.1) is 0 Å². The minimum Gasteiger partial charge on any atom is -0.480 e. The number of aromatic nitrogens is 1. The van der Waals surface area contributed by atoms with Crippen molar-refractivity contribution in [3.05, 3.63) is 35.0 Å². The molecule has 4 heteroatoms. The topological polar surface area (TPSA) is 68.2 Å². The first kappa shape index (κ1) is 13.2. The second kappa shape index (κ2) is 4.63. The van der Waals surface area contributed by atoms with E-state index in [4.69, 9.17) is 10.8 Å². The summed E-state index contributed by atoms with van der Waals surface area (Å²) in [6.07, 6.45) is 2.94. The van der Waals surface area contributed by atoms with Crippen LogP contribution in [0.5, 0.6) is 0 Å². The van der Waals surface area contributed by atoms with Crippen LogP contribution in [-0.4, -0.2) is 21.7 Å². The Kier molecular flexibility index (Phi) is 3.05. The van der Waals surface area contributed by atoms with Crippen LogP contribution >= 0.6 is 0 Å². The number of carbonyl (C=O) groups is 1. The number of nitrogens with two attached hydrogens (primary N) is 1. The van der Waals surface area contributed by atoms with E-state index in [9.17, 15) is 4.79 Å². The molecule has 0 amide bonds. The molecule has 4 nitrogen and oxygen atoms in total. The van der Waals surface area contributed by atoms with Gasteiger partial charge in [0.15, 0.2) is 0 Å². The Labute approximate surface area is 118 Å². The molecule has 1 heterocycles. The average Bonchev–Trinajstić information content (AvgIpc) is 3.23. The fraction of sp³-hybridized carbons (Fsp3) is 0.438. The summed E-state index contributed by atoms with van der Waals surface area (Å²) in [5, 5.41) is 10.1. The highest BCUT2D eigenvalue weighted by Crippen LogP contribution is 2.41. The fourth-order valence-electron chi connectivity index (χ4n) is 2.89. The Hall–Kier alpha value is -1.81. The van der Waals surface area contributed by atoms with Gasteiger partial charge in [0.1, 0.15) is 6.04 Å². The quantitative estimate of drug-likeness (QED) is 0.897. The van der Waals surface area contributed by atoms with E-state index in [0.29, 0.717) is 6.42 Å². The maximum atomic E-state index is 11.0. The molecule has 1 aromatic heterocycles. The Morgan fingerprint density at radius 3 is 2.80 bits per heavy atom. The zero-order chi connectivity index (χ0) is 14.4. The number of hydrogen-bond acceptors (Lipinski definition) is 2. The van der Waals surface area contributed by atoms with Crippen molar-refractivity contribution in [2.24, 2.45) is 12.8 Å². The highest BCUT2D eigenvalue weighted by molar-refractivity contribution is 5.87. The Balaban J connectivity index is 2.07. The molecule has 0 spiro atoms. The molecule has 0 aliphatic heterocycles. The van der Waals surface area contributed by atoms with E-state index in [1.165, 1.54) is 23.9 Å². The first-order valence-electron chi connectivity index (χ1n) is 7.05. The van der Waals surface area contributed by atoms with E-state index in [1.807, 2.05) is 14.0 Å². The van der Waals surface area contributed by atoms with Gasteiger partial charge in [-0.25, -0.2) is 0 Å². The molecule has 1 aromatic carbocycles. The third-order valence-electron chi connectivity index (χ3n) is 4.44. The lowest BCUT2D eigenvalue weighted by Gasteiger charge is -2.07. The number of carboxylic acid groups (broad SMARTS) is 1. The maximum absolute atomic E-state index is 11.0. The summed E-state index contributed by atoms with van der Waals surface area (Å²) >= 11 is 0. The van der Waals surface area contributed by atoms with Crippen molar-refractivity contribution in [2.75, 3.05) is 0 Å². The summed E-state index contributed by atoms with van der Waals surface area (Å²) in [4.78, 5) is 11.0. The number of carboxylic acids is 1. The second-order valence-electron chi connectivity index (χ2n) is 5.82. The monoisotopic (exact) mass is 272 g/mol. The van der Waals surface area contributed by atoms with Crippen LogP contribution < -0.4 is 5.73 Å². The summed E-state index contributed by atoms with van der Waals surface area (Å²) in [5.41, 5.74) is 10.4. The zero-order valence-electron chi connectivity index (χ0n) is 11.9. The standard InChI is InChI=1S/C16H20N2O2/c1-9-13(8-14(17)16(19)20)12-6-5-11(10-3-4-10)7-15(12)18(9)2/h5-7,10,14H,3-4,8,17H2,1-2H3,(H,19,20). The molecule has 0 radical (unpaired) electrons. The molecular formula is C16H20N2O2. The van der Waals surface area contributed by atoms with Gasteiger partial charge in [-0.1, -0.05) is 12.1 Å². The van der Waals surface area contributed by atoms with Crippen molar-refractivity contribution in [2.45, 2.75) is 38.1 Å². The first-order chi connectivity index (χ1) is 9.49. The molecule has 1 saturated carbocycles. The highest BCUT2D eigenvalue weighted by atomic mass is 16.4. The third kappa shape index (κ3) is 2.10. The van der Waals surface area contributed by atoms with Crippen LogP contribution in [0.1, 0.15) is 35.6 Å². The summed E-state index contributed by atoms with van der Waals surface area (Å²) in [7, 11) is 2.03. The number of aryl methyl sites for hydroxylation is 1. The molecule has 1 unspecified atom stereocenters. The fourth-order valence-corrected chi connectivity index (χ4v) is 2.89. The molecule has 2 aromatic rings. The number of fused-ring (bicyclic) bond motifs is 1. The molecule has 0 bridgehead atoms. The van der Waals surface area contributed by atoms with Gasteiger partial charge >= 0.3 is 5.97 Å². The molecule has 20 heavy (non-hydrogen) atoms. The molecule has 1 aliphatic carbocycles. The van der Waals surface area contributed by atoms with Crippen molar-refractivity contribution in [3.63, 3.8) is 0 Å². The van der Waals surface area contributed by atoms with Crippen LogP contribution in [-0.2, 0) is 18.3 Å². The molecule has 0 saturated heterocycles. The predicted octanol–water partition coefficient (Wildman–Crippen LogP) is 2.32. The molecular weight excluding hydrogens is 252 g/mol. The number of aliphatic carboxylic acids is 1. The van der Waals surface area contributed by atoms with Gasteiger partial charge in [-0.05, 0) is 42.9 Å². The Morgan fingerprint density at radius 2 is 2.20 bits per heavy atom. The number of rotatable bonds is 4. The molecule has 3 N–H and O–H groups in total. The summed E-state index contributed by atoms with van der Waals surface area (Å²) in [6.45, 7) is 2.03. The number of benzene rings is 1. The lowest BCUT2D eigenvalue weighted by Crippen LogP contribution is -2.32. The summed E-state index contributed by atoms with van der Waals surface area (Å²) in [5.74, 6) is -0.227. The SMILES string of the molecule is Cc1c(CC(N)C(=O)O)c2ccc(C3CC3)cc2n1C. The third-order valence-corrected chi connectivity index (χ3v) is 4.44. The van der Waals surface area contributed by atoms with E-state index < -0.39 is 12.0 Å². The van der Waals surface area contributed by atoms with Crippen LogP contribution in [0.15, 0.2) is 18.2 Å². The van der Waals surface area contributed by atoms with Gasteiger partial charge in [0.2, 0.25) is 0 Å². The zero-order valence-corrected chi connectivity index (χ0v) is 11.9.